The number of amides is 1. The van der Waals surface area contributed by atoms with Crippen molar-refractivity contribution < 1.29 is 9.90 Å². The quantitative estimate of drug-likeness (QED) is 0.691. The summed E-state index contributed by atoms with van der Waals surface area (Å²) in [6.45, 7) is 1.29. The molecule has 0 aliphatic carbocycles. The van der Waals surface area contributed by atoms with Crippen LogP contribution in [0, 0.1) is 0 Å². The summed E-state index contributed by atoms with van der Waals surface area (Å²) >= 11 is 0. The van der Waals surface area contributed by atoms with Crippen LogP contribution in [0.15, 0.2) is 23.5 Å². The van der Waals surface area contributed by atoms with E-state index in [9.17, 15) is 14.7 Å². The fraction of sp³-hybridized carbons (Fsp3) is 0.111. The molecule has 0 radical (unpaired) electrons. The molecule has 2 N–H and O–H groups in total. The molecule has 82 valence electrons. The van der Waals surface area contributed by atoms with Crippen LogP contribution < -0.4 is 10.9 Å². The van der Waals surface area contributed by atoms with E-state index in [0.29, 0.717) is 0 Å². The number of anilines is 1. The highest BCUT2D eigenvalue weighted by Gasteiger charge is 2.08. The van der Waals surface area contributed by atoms with Crippen LogP contribution in [0.2, 0.25) is 0 Å². The van der Waals surface area contributed by atoms with Crippen molar-refractivity contribution in [3.05, 3.63) is 29.1 Å². The molecule has 0 bridgehead atoms. The number of aromatic hydroxyl groups is 1. The van der Waals surface area contributed by atoms with Crippen LogP contribution >= 0.6 is 0 Å². The zero-order valence-corrected chi connectivity index (χ0v) is 8.34. The lowest BCUT2D eigenvalue weighted by atomic mass is 10.4. The van der Waals surface area contributed by atoms with Gasteiger partial charge in [0.1, 0.15) is 12.0 Å². The van der Waals surface area contributed by atoms with Gasteiger partial charge >= 0.3 is 0 Å². The van der Waals surface area contributed by atoms with Gasteiger partial charge in [-0.25, -0.2) is 14.4 Å². The largest absolute Gasteiger partial charge is 0.503 e. The summed E-state index contributed by atoms with van der Waals surface area (Å²) in [5.74, 6) is -0.569. The number of carbonyl (C=O) groups is 1. The predicted molar refractivity (Wildman–Crippen MR) is 55.2 cm³/mol. The Bertz CT molecular complexity index is 620. The fourth-order valence-electron chi connectivity index (χ4n) is 1.27. The molecule has 2 rings (SSSR count). The zero-order valence-electron chi connectivity index (χ0n) is 8.34. The van der Waals surface area contributed by atoms with E-state index in [4.69, 9.17) is 0 Å². The molecule has 0 spiro atoms. The number of hydrogen-bond acceptors (Lipinski definition) is 5. The molecular formula is C9H8N4O3. The minimum Gasteiger partial charge on any atom is -0.503 e. The van der Waals surface area contributed by atoms with Gasteiger partial charge in [0, 0.05) is 6.92 Å². The molecule has 2 aromatic heterocycles. The van der Waals surface area contributed by atoms with Crippen LogP contribution in [0.5, 0.6) is 5.75 Å². The van der Waals surface area contributed by atoms with Crippen LogP contribution in [0.25, 0.3) is 5.65 Å². The lowest BCUT2D eigenvalue weighted by Gasteiger charge is -2.04. The van der Waals surface area contributed by atoms with Crippen molar-refractivity contribution in [2.75, 3.05) is 5.32 Å². The molecule has 2 heterocycles. The van der Waals surface area contributed by atoms with Gasteiger partial charge in [0.2, 0.25) is 5.91 Å². The van der Waals surface area contributed by atoms with E-state index >= 15 is 0 Å². The number of hydrogen-bond donors (Lipinski definition) is 2. The molecule has 0 aliphatic heterocycles. The van der Waals surface area contributed by atoms with E-state index in [0.717, 1.165) is 4.40 Å². The van der Waals surface area contributed by atoms with Crippen molar-refractivity contribution >= 4 is 17.2 Å². The van der Waals surface area contributed by atoms with Crippen molar-refractivity contribution in [1.82, 2.24) is 14.4 Å². The second kappa shape index (κ2) is 3.61. The lowest BCUT2D eigenvalue weighted by Crippen LogP contribution is -2.21. The Balaban J connectivity index is 2.71. The van der Waals surface area contributed by atoms with E-state index in [2.05, 4.69) is 15.3 Å². The Morgan fingerprint density at radius 2 is 2.25 bits per heavy atom. The first kappa shape index (κ1) is 10.1. The maximum absolute atomic E-state index is 11.8. The smallest absolute Gasteiger partial charge is 0.282 e. The molecule has 0 aromatic carbocycles. The third kappa shape index (κ3) is 1.58. The van der Waals surface area contributed by atoms with E-state index in [1.165, 1.54) is 25.6 Å². The molecule has 0 unspecified atom stereocenters. The first-order valence-corrected chi connectivity index (χ1v) is 4.41. The van der Waals surface area contributed by atoms with Crippen molar-refractivity contribution in [2.24, 2.45) is 0 Å². The van der Waals surface area contributed by atoms with Crippen molar-refractivity contribution in [2.45, 2.75) is 6.92 Å². The highest BCUT2D eigenvalue weighted by molar-refractivity contribution is 5.88. The van der Waals surface area contributed by atoms with Crippen molar-refractivity contribution in [3.8, 4) is 5.75 Å². The first-order chi connectivity index (χ1) is 7.59. The standard InChI is InChI=1S/C9H8N4O3/c1-5(14)12-6-2-11-8-7(15)3-10-4-13(8)9(6)16/h2-4,15H,1H3,(H,12,14). The molecule has 7 heteroatoms. The highest BCUT2D eigenvalue weighted by atomic mass is 16.3. The number of nitrogens with zero attached hydrogens (tertiary/aromatic N) is 3. The van der Waals surface area contributed by atoms with Crippen molar-refractivity contribution in [3.63, 3.8) is 0 Å². The van der Waals surface area contributed by atoms with Crippen LogP contribution in [0.3, 0.4) is 0 Å². The summed E-state index contributed by atoms with van der Waals surface area (Å²) in [5.41, 5.74) is -0.366. The number of fused-ring (bicyclic) bond motifs is 1. The molecule has 0 saturated carbocycles. The second-order valence-corrected chi connectivity index (χ2v) is 3.13. The van der Waals surface area contributed by atoms with Gasteiger partial charge in [0.15, 0.2) is 11.4 Å². The first-order valence-electron chi connectivity index (χ1n) is 4.41. The van der Waals surface area contributed by atoms with E-state index in [-0.39, 0.29) is 23.0 Å². The van der Waals surface area contributed by atoms with Gasteiger partial charge in [0.25, 0.3) is 5.56 Å². The monoisotopic (exact) mass is 220 g/mol. The van der Waals surface area contributed by atoms with Gasteiger partial charge in [-0.2, -0.15) is 0 Å². The summed E-state index contributed by atoms with van der Waals surface area (Å²) in [6, 6.07) is 0. The highest BCUT2D eigenvalue weighted by Crippen LogP contribution is 2.12. The maximum Gasteiger partial charge on any atom is 0.282 e. The van der Waals surface area contributed by atoms with Gasteiger partial charge in [-0.15, -0.1) is 0 Å². The van der Waals surface area contributed by atoms with E-state index < -0.39 is 5.56 Å². The van der Waals surface area contributed by atoms with Gasteiger partial charge in [0.05, 0.1) is 12.4 Å². The van der Waals surface area contributed by atoms with Gasteiger partial charge in [-0.1, -0.05) is 0 Å². The number of aromatic nitrogens is 3. The normalized spacial score (nSPS) is 10.3. The molecule has 0 atom stereocenters. The fourth-order valence-corrected chi connectivity index (χ4v) is 1.27. The number of rotatable bonds is 1. The Morgan fingerprint density at radius 1 is 1.50 bits per heavy atom. The maximum atomic E-state index is 11.8. The molecule has 2 aromatic rings. The summed E-state index contributed by atoms with van der Waals surface area (Å²) in [4.78, 5) is 30.1. The van der Waals surface area contributed by atoms with Gasteiger partial charge < -0.3 is 10.4 Å². The number of nitrogens with one attached hydrogen (secondary N) is 1. The zero-order chi connectivity index (χ0) is 11.7. The summed E-state index contributed by atoms with van der Waals surface area (Å²) < 4.78 is 1.06. The minimum absolute atomic E-state index is 0.0393. The van der Waals surface area contributed by atoms with Crippen LogP contribution in [0.1, 0.15) is 6.92 Å². The molecule has 0 aliphatic rings. The average Bonchev–Trinajstić information content (AvgIpc) is 2.23. The van der Waals surface area contributed by atoms with Crippen LogP contribution in [0.4, 0.5) is 5.69 Å². The third-order valence-corrected chi connectivity index (χ3v) is 1.91. The average molecular weight is 220 g/mol. The molecule has 1 amide bonds. The minimum atomic E-state index is -0.497. The Morgan fingerprint density at radius 3 is 2.94 bits per heavy atom. The second-order valence-electron chi connectivity index (χ2n) is 3.13. The summed E-state index contributed by atoms with van der Waals surface area (Å²) in [7, 11) is 0. The van der Waals surface area contributed by atoms with Crippen molar-refractivity contribution in [1.29, 1.82) is 0 Å². The van der Waals surface area contributed by atoms with Crippen LogP contribution in [-0.2, 0) is 4.79 Å². The SMILES string of the molecule is CC(=O)Nc1cnc2c(O)cncn2c1=O. The Labute approximate surface area is 89.4 Å². The molecule has 0 fully saturated rings. The summed E-state index contributed by atoms with van der Waals surface area (Å²) in [5, 5.41) is 11.7. The number of carbonyl (C=O) groups excluding carboxylic acids is 1. The molecular weight excluding hydrogens is 212 g/mol. The van der Waals surface area contributed by atoms with Gasteiger partial charge in [-0.3, -0.25) is 9.59 Å². The topological polar surface area (TPSA) is 96.6 Å². The van der Waals surface area contributed by atoms with E-state index in [1.54, 1.807) is 0 Å². The van der Waals surface area contributed by atoms with Gasteiger partial charge in [-0.05, 0) is 0 Å². The van der Waals surface area contributed by atoms with Crippen LogP contribution in [-0.4, -0.2) is 25.4 Å². The Kier molecular flexibility index (Phi) is 2.28. The third-order valence-electron chi connectivity index (χ3n) is 1.91. The Hall–Kier alpha value is -2.44. The summed E-state index contributed by atoms with van der Waals surface area (Å²) in [6.07, 6.45) is 3.59. The molecule has 16 heavy (non-hydrogen) atoms. The predicted octanol–water partition coefficient (Wildman–Crippen LogP) is -0.247. The van der Waals surface area contributed by atoms with E-state index in [1.807, 2.05) is 0 Å². The lowest BCUT2D eigenvalue weighted by molar-refractivity contribution is -0.114. The molecule has 7 nitrogen and oxygen atoms in total. The molecule has 0 saturated heterocycles.